The van der Waals surface area contributed by atoms with Crippen molar-refractivity contribution in [1.29, 1.82) is 5.26 Å². The Labute approximate surface area is 234 Å². The first-order valence-electron chi connectivity index (χ1n) is 12.0. The highest BCUT2D eigenvalue weighted by Gasteiger charge is 2.38. The molecule has 1 saturated heterocycles. The van der Waals surface area contributed by atoms with Crippen LogP contribution in [0.5, 0.6) is 0 Å². The van der Waals surface area contributed by atoms with Crippen molar-refractivity contribution in [3.05, 3.63) is 106 Å². The number of anilines is 1. The lowest BCUT2D eigenvalue weighted by Gasteiger charge is -2.23. The van der Waals surface area contributed by atoms with Gasteiger partial charge < -0.3 is 15.1 Å². The molecule has 10 heteroatoms. The number of nitrogens with zero attached hydrogens (tertiary/aromatic N) is 4. The molecule has 1 aromatic heterocycles. The van der Waals surface area contributed by atoms with Gasteiger partial charge >= 0.3 is 0 Å². The van der Waals surface area contributed by atoms with E-state index in [1.807, 2.05) is 30.3 Å². The summed E-state index contributed by atoms with van der Waals surface area (Å²) in [6.07, 6.45) is 1.90. The van der Waals surface area contributed by atoms with Crippen molar-refractivity contribution < 1.29 is 14.4 Å². The predicted molar refractivity (Wildman–Crippen MR) is 150 cm³/mol. The number of benzene rings is 3. The fourth-order valence-corrected chi connectivity index (χ4v) is 4.60. The molecule has 2 amide bonds. The van der Waals surface area contributed by atoms with Gasteiger partial charge in [0.05, 0.1) is 39.5 Å². The first-order valence-corrected chi connectivity index (χ1v) is 12.8. The minimum absolute atomic E-state index is 0.111. The van der Waals surface area contributed by atoms with E-state index in [9.17, 15) is 9.59 Å². The fraction of sp³-hybridized carbons (Fsp3) is 0.138. The van der Waals surface area contributed by atoms with Crippen molar-refractivity contribution in [3.63, 3.8) is 0 Å². The molecule has 5 rings (SSSR count). The van der Waals surface area contributed by atoms with Crippen molar-refractivity contribution in [3.8, 4) is 6.07 Å². The smallest absolute Gasteiger partial charge is 0.254 e. The average Bonchev–Trinajstić information content (AvgIpc) is 3.39. The molecule has 1 fully saturated rings. The van der Waals surface area contributed by atoms with Crippen molar-refractivity contribution >= 4 is 57.3 Å². The number of aromatic nitrogens is 1. The molecule has 39 heavy (non-hydrogen) atoms. The van der Waals surface area contributed by atoms with Crippen LogP contribution in [0.4, 0.5) is 5.69 Å². The molecule has 0 saturated carbocycles. The topological polar surface area (TPSA) is 108 Å². The van der Waals surface area contributed by atoms with Crippen LogP contribution in [-0.4, -0.2) is 40.0 Å². The molecule has 3 aromatic carbocycles. The number of oxime groups is 1. The van der Waals surface area contributed by atoms with E-state index in [4.69, 9.17) is 33.3 Å². The molecule has 0 spiro atoms. The molecule has 0 bridgehead atoms. The Bertz CT molecular complexity index is 1630. The Balaban J connectivity index is 1.35. The van der Waals surface area contributed by atoms with Crippen LogP contribution in [0.1, 0.15) is 27.9 Å². The zero-order chi connectivity index (χ0) is 27.4. The van der Waals surface area contributed by atoms with Crippen LogP contribution in [0.25, 0.3) is 10.9 Å². The van der Waals surface area contributed by atoms with Crippen LogP contribution >= 0.6 is 23.2 Å². The highest BCUT2D eigenvalue weighted by Crippen LogP contribution is 2.25. The number of carbonyl (C=O) groups is 2. The number of amides is 2. The zero-order valence-corrected chi connectivity index (χ0v) is 22.0. The summed E-state index contributed by atoms with van der Waals surface area (Å²) in [4.78, 5) is 38.1. The van der Waals surface area contributed by atoms with Crippen LogP contribution in [0.15, 0.2) is 84.1 Å². The van der Waals surface area contributed by atoms with Gasteiger partial charge in [-0.05, 0) is 66.2 Å². The minimum Gasteiger partial charge on any atom is -0.391 e. The van der Waals surface area contributed by atoms with E-state index >= 15 is 0 Å². The Kier molecular flexibility index (Phi) is 7.73. The standard InChI is InChI=1S/C29H21Cl2N5O3/c30-24-9-5-19(12-25(24)31)17-39-35-23-14-27(36(16-23)29(38)20-6-3-18(15-32)4-7-20)28(37)34-22-8-10-26-21(13-22)2-1-11-33-26/h1-13,27H,14,16-17H2,(H,34,37)/t27-/m0/s1. The summed E-state index contributed by atoms with van der Waals surface area (Å²) in [6, 6.07) is 21.8. The number of nitriles is 1. The van der Waals surface area contributed by atoms with E-state index in [2.05, 4.69) is 15.5 Å². The van der Waals surface area contributed by atoms with E-state index in [1.54, 1.807) is 54.7 Å². The SMILES string of the molecule is N#Cc1ccc(C(=O)N2CC(=NOCc3ccc(Cl)c(Cl)c3)C[C@H]2C(=O)Nc2ccc3ncccc3c2)cc1. The third-order valence-electron chi connectivity index (χ3n) is 6.26. The van der Waals surface area contributed by atoms with Crippen LogP contribution in [-0.2, 0) is 16.2 Å². The lowest BCUT2D eigenvalue weighted by molar-refractivity contribution is -0.119. The number of likely N-dealkylation sites (tertiary alicyclic amines) is 1. The highest BCUT2D eigenvalue weighted by molar-refractivity contribution is 6.42. The molecule has 4 aromatic rings. The molecule has 0 unspecified atom stereocenters. The maximum absolute atomic E-state index is 13.4. The normalized spacial score (nSPS) is 15.8. The number of fused-ring (bicyclic) bond motifs is 1. The van der Waals surface area contributed by atoms with Gasteiger partial charge in [0.2, 0.25) is 5.91 Å². The first kappa shape index (κ1) is 26.2. The summed E-state index contributed by atoms with van der Waals surface area (Å²) in [5.41, 5.74) is 3.51. The molecular formula is C29H21Cl2N5O3. The second-order valence-electron chi connectivity index (χ2n) is 8.92. The Hall–Kier alpha value is -4.45. The molecule has 0 aliphatic carbocycles. The Morgan fingerprint density at radius 2 is 1.90 bits per heavy atom. The second-order valence-corrected chi connectivity index (χ2v) is 9.74. The number of rotatable bonds is 6. The number of nitrogens with one attached hydrogen (secondary N) is 1. The summed E-state index contributed by atoms with van der Waals surface area (Å²) < 4.78 is 0. The van der Waals surface area contributed by atoms with Gasteiger partial charge in [0.15, 0.2) is 0 Å². The van der Waals surface area contributed by atoms with E-state index in [-0.39, 0.29) is 31.4 Å². The van der Waals surface area contributed by atoms with Crippen LogP contribution in [0.2, 0.25) is 10.0 Å². The highest BCUT2D eigenvalue weighted by atomic mass is 35.5. The largest absolute Gasteiger partial charge is 0.391 e. The molecule has 1 aliphatic heterocycles. The van der Waals surface area contributed by atoms with Gasteiger partial charge in [0, 0.05) is 29.3 Å². The predicted octanol–water partition coefficient (Wildman–Crippen LogP) is 5.84. The molecule has 0 radical (unpaired) electrons. The number of hydrogen-bond acceptors (Lipinski definition) is 6. The number of pyridine rings is 1. The van der Waals surface area contributed by atoms with E-state index in [1.165, 1.54) is 4.90 Å². The van der Waals surface area contributed by atoms with E-state index < -0.39 is 6.04 Å². The molecule has 194 valence electrons. The van der Waals surface area contributed by atoms with Crippen LogP contribution in [0, 0.1) is 11.3 Å². The van der Waals surface area contributed by atoms with Crippen LogP contribution < -0.4 is 5.32 Å². The summed E-state index contributed by atoms with van der Waals surface area (Å²) in [7, 11) is 0. The maximum atomic E-state index is 13.4. The second kappa shape index (κ2) is 11.5. The molecule has 1 atom stereocenters. The van der Waals surface area contributed by atoms with Gasteiger partial charge in [-0.25, -0.2) is 0 Å². The van der Waals surface area contributed by atoms with Gasteiger partial charge in [-0.15, -0.1) is 0 Å². The van der Waals surface area contributed by atoms with Crippen molar-refractivity contribution in [2.24, 2.45) is 5.16 Å². The third kappa shape index (κ3) is 6.01. The van der Waals surface area contributed by atoms with Gasteiger partial charge in [0.25, 0.3) is 5.91 Å². The van der Waals surface area contributed by atoms with Crippen molar-refractivity contribution in [1.82, 2.24) is 9.88 Å². The lowest BCUT2D eigenvalue weighted by atomic mass is 10.1. The summed E-state index contributed by atoms with van der Waals surface area (Å²) in [5, 5.41) is 17.9. The van der Waals surface area contributed by atoms with Gasteiger partial charge in [-0.1, -0.05) is 40.5 Å². The van der Waals surface area contributed by atoms with E-state index in [0.717, 1.165) is 16.5 Å². The minimum atomic E-state index is -0.815. The summed E-state index contributed by atoms with van der Waals surface area (Å²) in [6.45, 7) is 0.256. The summed E-state index contributed by atoms with van der Waals surface area (Å²) >= 11 is 12.0. The zero-order valence-electron chi connectivity index (χ0n) is 20.5. The quantitative estimate of drug-likeness (QED) is 0.299. The molecule has 1 aliphatic rings. The van der Waals surface area contributed by atoms with Crippen molar-refractivity contribution in [2.75, 3.05) is 11.9 Å². The van der Waals surface area contributed by atoms with E-state index in [0.29, 0.717) is 32.6 Å². The Morgan fingerprint density at radius 3 is 2.67 bits per heavy atom. The van der Waals surface area contributed by atoms with Gasteiger partial charge in [-0.2, -0.15) is 5.26 Å². The Morgan fingerprint density at radius 1 is 1.08 bits per heavy atom. The monoisotopic (exact) mass is 557 g/mol. The van der Waals surface area contributed by atoms with Gasteiger partial charge in [-0.3, -0.25) is 14.6 Å². The summed E-state index contributed by atoms with van der Waals surface area (Å²) in [5.74, 6) is -0.702. The van der Waals surface area contributed by atoms with Crippen LogP contribution in [0.3, 0.4) is 0 Å². The number of halogens is 2. The maximum Gasteiger partial charge on any atom is 0.254 e. The molecular weight excluding hydrogens is 537 g/mol. The molecule has 8 nitrogen and oxygen atoms in total. The lowest BCUT2D eigenvalue weighted by Crippen LogP contribution is -2.43. The molecule has 1 N–H and O–H groups in total. The fourth-order valence-electron chi connectivity index (χ4n) is 4.28. The average molecular weight is 558 g/mol. The van der Waals surface area contributed by atoms with Crippen molar-refractivity contribution in [2.45, 2.75) is 19.1 Å². The number of carbonyl (C=O) groups excluding carboxylic acids is 2. The molecule has 2 heterocycles. The van der Waals surface area contributed by atoms with Gasteiger partial charge in [0.1, 0.15) is 12.6 Å². The number of hydrogen-bond donors (Lipinski definition) is 1. The third-order valence-corrected chi connectivity index (χ3v) is 7.00. The first-order chi connectivity index (χ1) is 18.9.